The van der Waals surface area contributed by atoms with Gasteiger partial charge in [0.25, 0.3) is 5.91 Å². The van der Waals surface area contributed by atoms with E-state index in [4.69, 9.17) is 15.2 Å². The lowest BCUT2D eigenvalue weighted by Gasteiger charge is -2.18. The summed E-state index contributed by atoms with van der Waals surface area (Å²) in [6, 6.07) is 5.51. The van der Waals surface area contributed by atoms with Crippen LogP contribution < -0.4 is 20.5 Å². The van der Waals surface area contributed by atoms with Crippen molar-refractivity contribution in [1.29, 1.82) is 0 Å². The zero-order valence-corrected chi connectivity index (χ0v) is 13.5. The lowest BCUT2D eigenvalue weighted by Crippen LogP contribution is -2.38. The van der Waals surface area contributed by atoms with Gasteiger partial charge in [-0.05, 0) is 37.5 Å². The monoisotopic (exact) mass is 294 g/mol. The first-order valence-electron chi connectivity index (χ1n) is 7.20. The molecule has 2 atom stereocenters. The number of ether oxygens (including phenoxy) is 2. The lowest BCUT2D eigenvalue weighted by molar-refractivity contribution is -0.124. The third-order valence-corrected chi connectivity index (χ3v) is 3.46. The number of carbonyl (C=O) groups is 1. The van der Waals surface area contributed by atoms with Crippen LogP contribution in [-0.2, 0) is 4.79 Å². The average Bonchev–Trinajstić information content (AvgIpc) is 2.44. The number of carbonyl (C=O) groups excluding carboxylic acids is 1. The molecule has 0 saturated carbocycles. The van der Waals surface area contributed by atoms with Gasteiger partial charge in [0.05, 0.1) is 7.11 Å². The highest BCUT2D eigenvalue weighted by Gasteiger charge is 2.13. The predicted molar refractivity (Wildman–Crippen MR) is 83.5 cm³/mol. The number of hydrogen-bond acceptors (Lipinski definition) is 4. The summed E-state index contributed by atoms with van der Waals surface area (Å²) in [4.78, 5) is 11.8. The van der Waals surface area contributed by atoms with Gasteiger partial charge in [-0.25, -0.2) is 0 Å². The maximum Gasteiger partial charge on any atom is 0.258 e. The maximum atomic E-state index is 11.8. The number of rotatable bonds is 7. The molecule has 2 unspecified atom stereocenters. The highest BCUT2D eigenvalue weighted by atomic mass is 16.5. The van der Waals surface area contributed by atoms with Gasteiger partial charge >= 0.3 is 0 Å². The van der Waals surface area contributed by atoms with Gasteiger partial charge in [0.1, 0.15) is 0 Å². The van der Waals surface area contributed by atoms with E-state index in [1.54, 1.807) is 13.2 Å². The van der Waals surface area contributed by atoms with Crippen molar-refractivity contribution in [3.63, 3.8) is 0 Å². The first kappa shape index (κ1) is 17.3. The third-order valence-electron chi connectivity index (χ3n) is 3.46. The van der Waals surface area contributed by atoms with Crippen LogP contribution in [0.1, 0.15) is 39.3 Å². The molecular formula is C16H26N2O3. The van der Waals surface area contributed by atoms with Crippen LogP contribution in [0.4, 0.5) is 0 Å². The van der Waals surface area contributed by atoms with Crippen molar-refractivity contribution >= 4 is 5.91 Å². The van der Waals surface area contributed by atoms with Gasteiger partial charge in [0.2, 0.25) is 0 Å². The minimum absolute atomic E-state index is 0.0368. The number of benzene rings is 1. The van der Waals surface area contributed by atoms with E-state index in [9.17, 15) is 4.79 Å². The zero-order valence-electron chi connectivity index (χ0n) is 13.5. The summed E-state index contributed by atoms with van der Waals surface area (Å²) in [5.41, 5.74) is 6.79. The third kappa shape index (κ3) is 5.27. The van der Waals surface area contributed by atoms with E-state index < -0.39 is 0 Å². The lowest BCUT2D eigenvalue weighted by atomic mass is 10.1. The van der Waals surface area contributed by atoms with Crippen molar-refractivity contribution < 1.29 is 14.3 Å². The van der Waals surface area contributed by atoms with E-state index in [0.717, 1.165) is 5.56 Å². The molecule has 118 valence electrons. The van der Waals surface area contributed by atoms with E-state index >= 15 is 0 Å². The van der Waals surface area contributed by atoms with Crippen molar-refractivity contribution in [2.75, 3.05) is 13.7 Å². The van der Waals surface area contributed by atoms with E-state index in [1.807, 2.05) is 26.0 Å². The van der Waals surface area contributed by atoms with Gasteiger partial charge in [-0.15, -0.1) is 0 Å². The van der Waals surface area contributed by atoms with Gasteiger partial charge in [0.15, 0.2) is 18.1 Å². The Morgan fingerprint density at radius 1 is 1.24 bits per heavy atom. The molecule has 0 bridgehead atoms. The standard InChI is InChI=1S/C16H26N2O3/c1-10(2)12(4)18-16(19)9-21-14-7-6-13(11(3)17)8-15(14)20-5/h6-8,10-12H,9,17H2,1-5H3,(H,18,19). The molecule has 0 aliphatic carbocycles. The fourth-order valence-electron chi connectivity index (χ4n) is 1.69. The quantitative estimate of drug-likeness (QED) is 0.809. The summed E-state index contributed by atoms with van der Waals surface area (Å²) >= 11 is 0. The predicted octanol–water partition coefficient (Wildman–Crippen LogP) is 2.25. The minimum atomic E-state index is -0.144. The minimum Gasteiger partial charge on any atom is -0.493 e. The summed E-state index contributed by atoms with van der Waals surface area (Å²) < 4.78 is 10.8. The Hall–Kier alpha value is -1.75. The summed E-state index contributed by atoms with van der Waals surface area (Å²) in [5.74, 6) is 1.35. The zero-order chi connectivity index (χ0) is 16.0. The number of nitrogens with one attached hydrogen (secondary N) is 1. The normalized spacial score (nSPS) is 13.7. The second-order valence-electron chi connectivity index (χ2n) is 5.59. The molecule has 0 aliphatic heterocycles. The van der Waals surface area contributed by atoms with E-state index in [1.165, 1.54) is 0 Å². The van der Waals surface area contributed by atoms with Crippen LogP contribution in [0.25, 0.3) is 0 Å². The van der Waals surface area contributed by atoms with E-state index in [-0.39, 0.29) is 24.6 Å². The molecule has 0 saturated heterocycles. The highest BCUT2D eigenvalue weighted by molar-refractivity contribution is 5.77. The van der Waals surface area contributed by atoms with Crippen molar-refractivity contribution in [3.05, 3.63) is 23.8 Å². The molecule has 0 fully saturated rings. The van der Waals surface area contributed by atoms with Crippen LogP contribution in [0.5, 0.6) is 11.5 Å². The summed E-state index contributed by atoms with van der Waals surface area (Å²) in [6.45, 7) is 7.95. The molecule has 21 heavy (non-hydrogen) atoms. The summed E-state index contributed by atoms with van der Waals surface area (Å²) in [5, 5.41) is 2.89. The van der Waals surface area contributed by atoms with Crippen molar-refractivity contribution in [1.82, 2.24) is 5.32 Å². The van der Waals surface area contributed by atoms with Crippen LogP contribution in [0, 0.1) is 5.92 Å². The summed E-state index contributed by atoms with van der Waals surface area (Å²) in [7, 11) is 1.56. The van der Waals surface area contributed by atoms with Crippen LogP contribution in [-0.4, -0.2) is 25.7 Å². The van der Waals surface area contributed by atoms with Gasteiger partial charge in [-0.1, -0.05) is 19.9 Å². The fraction of sp³-hybridized carbons (Fsp3) is 0.562. The highest BCUT2D eigenvalue weighted by Crippen LogP contribution is 2.29. The molecule has 5 heteroatoms. The average molecular weight is 294 g/mol. The first-order valence-corrected chi connectivity index (χ1v) is 7.20. The molecule has 1 aromatic rings. The number of hydrogen-bond donors (Lipinski definition) is 2. The second kappa shape index (κ2) is 7.88. The Kier molecular flexibility index (Phi) is 6.49. The smallest absolute Gasteiger partial charge is 0.258 e. The molecular weight excluding hydrogens is 268 g/mol. The van der Waals surface area contributed by atoms with Crippen molar-refractivity contribution in [2.45, 2.75) is 39.8 Å². The van der Waals surface area contributed by atoms with Crippen molar-refractivity contribution in [3.8, 4) is 11.5 Å². The van der Waals surface area contributed by atoms with Crippen LogP contribution in [0.3, 0.4) is 0 Å². The van der Waals surface area contributed by atoms with E-state index in [2.05, 4.69) is 19.2 Å². The van der Waals surface area contributed by atoms with Gasteiger partial charge < -0.3 is 20.5 Å². The molecule has 3 N–H and O–H groups in total. The SMILES string of the molecule is COc1cc(C(C)N)ccc1OCC(=O)NC(C)C(C)C. The molecule has 1 rings (SSSR count). The van der Waals surface area contributed by atoms with Crippen molar-refractivity contribution in [2.24, 2.45) is 11.7 Å². The molecule has 0 radical (unpaired) electrons. The van der Waals surface area contributed by atoms with Crippen LogP contribution in [0.2, 0.25) is 0 Å². The Labute approximate surface area is 126 Å². The topological polar surface area (TPSA) is 73.6 Å². The largest absolute Gasteiger partial charge is 0.493 e. The number of amides is 1. The molecule has 1 amide bonds. The summed E-state index contributed by atoms with van der Waals surface area (Å²) in [6.07, 6.45) is 0. The van der Waals surface area contributed by atoms with E-state index in [0.29, 0.717) is 17.4 Å². The fourth-order valence-corrected chi connectivity index (χ4v) is 1.69. The van der Waals surface area contributed by atoms with Gasteiger partial charge in [-0.3, -0.25) is 4.79 Å². The van der Waals surface area contributed by atoms with Crippen LogP contribution >= 0.6 is 0 Å². The molecule has 1 aromatic carbocycles. The molecule has 5 nitrogen and oxygen atoms in total. The second-order valence-corrected chi connectivity index (χ2v) is 5.59. The Morgan fingerprint density at radius 2 is 1.90 bits per heavy atom. The molecule has 0 spiro atoms. The Bertz CT molecular complexity index is 473. The molecule has 0 aromatic heterocycles. The van der Waals surface area contributed by atoms with Gasteiger partial charge in [0, 0.05) is 12.1 Å². The number of nitrogens with two attached hydrogens (primary N) is 1. The molecule has 0 heterocycles. The Morgan fingerprint density at radius 3 is 2.43 bits per heavy atom. The maximum absolute atomic E-state index is 11.8. The number of methoxy groups -OCH3 is 1. The van der Waals surface area contributed by atoms with Gasteiger partial charge in [-0.2, -0.15) is 0 Å². The van der Waals surface area contributed by atoms with Crippen LogP contribution in [0.15, 0.2) is 18.2 Å². The molecule has 0 aliphatic rings. The first-order chi connectivity index (χ1) is 9.85. The Balaban J connectivity index is 2.65.